The monoisotopic (exact) mass is 382 g/mol. The second-order valence-electron chi connectivity index (χ2n) is 7.66. The van der Waals surface area contributed by atoms with Gasteiger partial charge < -0.3 is 19.4 Å². The number of likely N-dealkylation sites (tertiary alicyclic amines) is 1. The van der Waals surface area contributed by atoms with Crippen molar-refractivity contribution in [3.63, 3.8) is 0 Å². The van der Waals surface area contributed by atoms with E-state index < -0.39 is 0 Å². The van der Waals surface area contributed by atoms with Crippen LogP contribution in [-0.2, 0) is 4.79 Å². The highest BCUT2D eigenvalue weighted by molar-refractivity contribution is 5.92. The number of carbonyl (C=O) groups excluding carboxylic acids is 2. The largest absolute Gasteiger partial charge is 0.497 e. The first-order valence-electron chi connectivity index (χ1n) is 9.93. The second kappa shape index (κ2) is 8.09. The molecule has 1 aromatic carbocycles. The number of methoxy groups -OCH3 is 1. The van der Waals surface area contributed by atoms with Gasteiger partial charge in [-0.25, -0.2) is 0 Å². The molecule has 1 aromatic heterocycles. The van der Waals surface area contributed by atoms with Crippen LogP contribution in [0.5, 0.6) is 5.75 Å². The number of benzene rings is 1. The maximum atomic E-state index is 13.0. The van der Waals surface area contributed by atoms with Crippen LogP contribution in [0.2, 0.25) is 0 Å². The summed E-state index contributed by atoms with van der Waals surface area (Å²) in [6.45, 7) is 1.10. The molecule has 0 radical (unpaired) electrons. The third-order valence-corrected chi connectivity index (χ3v) is 5.68. The molecule has 0 bridgehead atoms. The lowest BCUT2D eigenvalue weighted by molar-refractivity contribution is -0.127. The Labute approximate surface area is 164 Å². The van der Waals surface area contributed by atoms with E-state index in [1.807, 2.05) is 24.3 Å². The molecule has 2 atom stereocenters. The van der Waals surface area contributed by atoms with Gasteiger partial charge in [0.25, 0.3) is 5.91 Å². The number of ether oxygens (including phenoxy) is 1. The van der Waals surface area contributed by atoms with Crippen LogP contribution in [0.25, 0.3) is 0 Å². The Kier molecular flexibility index (Phi) is 5.37. The Bertz CT molecular complexity index is 812. The molecule has 1 N–H and O–H groups in total. The first kappa shape index (κ1) is 18.6. The van der Waals surface area contributed by atoms with Crippen molar-refractivity contribution >= 4 is 11.8 Å². The number of rotatable bonds is 6. The van der Waals surface area contributed by atoms with Crippen LogP contribution in [-0.4, -0.2) is 36.9 Å². The van der Waals surface area contributed by atoms with Crippen molar-refractivity contribution in [3.05, 3.63) is 54.0 Å². The average molecular weight is 382 g/mol. The van der Waals surface area contributed by atoms with E-state index in [2.05, 4.69) is 5.32 Å². The van der Waals surface area contributed by atoms with Gasteiger partial charge in [0.2, 0.25) is 5.91 Å². The first-order valence-corrected chi connectivity index (χ1v) is 9.93. The van der Waals surface area contributed by atoms with Crippen LogP contribution in [0, 0.1) is 11.8 Å². The number of hydrogen-bond acceptors (Lipinski definition) is 4. The van der Waals surface area contributed by atoms with Crippen molar-refractivity contribution in [1.29, 1.82) is 0 Å². The highest BCUT2D eigenvalue weighted by atomic mass is 16.5. The molecule has 1 aliphatic heterocycles. The standard InChI is InChI=1S/C22H26N2O4/c1-27-18-10-8-16(9-11-18)20(15-6-7-15)23-21(25)17-4-2-12-24(14-17)22(26)19-5-3-13-28-19/h3,5,8-11,13,15,17,20H,2,4,6-7,12,14H2,1H3,(H,23,25). The zero-order chi connectivity index (χ0) is 19.5. The number of furan rings is 1. The van der Waals surface area contributed by atoms with Crippen molar-refractivity contribution in [2.45, 2.75) is 31.7 Å². The van der Waals surface area contributed by atoms with Crippen molar-refractivity contribution in [2.24, 2.45) is 11.8 Å². The zero-order valence-corrected chi connectivity index (χ0v) is 16.1. The third-order valence-electron chi connectivity index (χ3n) is 5.68. The number of nitrogens with one attached hydrogen (secondary N) is 1. The maximum absolute atomic E-state index is 13.0. The second-order valence-corrected chi connectivity index (χ2v) is 7.66. The Hall–Kier alpha value is -2.76. The van der Waals surface area contributed by atoms with E-state index in [9.17, 15) is 9.59 Å². The van der Waals surface area contributed by atoms with E-state index >= 15 is 0 Å². The number of nitrogens with zero attached hydrogens (tertiary/aromatic N) is 1. The molecule has 2 aromatic rings. The van der Waals surface area contributed by atoms with E-state index in [0.29, 0.717) is 24.8 Å². The lowest BCUT2D eigenvalue weighted by atomic mass is 9.95. The van der Waals surface area contributed by atoms with Gasteiger partial charge in [-0.05, 0) is 61.4 Å². The van der Waals surface area contributed by atoms with Crippen LogP contribution >= 0.6 is 0 Å². The lowest BCUT2D eigenvalue weighted by Crippen LogP contribution is -2.46. The fourth-order valence-corrected chi connectivity index (χ4v) is 3.92. The van der Waals surface area contributed by atoms with Gasteiger partial charge in [0, 0.05) is 13.1 Å². The van der Waals surface area contributed by atoms with Crippen LogP contribution in [0.4, 0.5) is 0 Å². The Morgan fingerprint density at radius 3 is 2.61 bits per heavy atom. The predicted molar refractivity (Wildman–Crippen MR) is 104 cm³/mol. The third kappa shape index (κ3) is 4.06. The van der Waals surface area contributed by atoms with Gasteiger partial charge in [0.15, 0.2) is 5.76 Å². The van der Waals surface area contributed by atoms with E-state index in [0.717, 1.165) is 37.0 Å². The summed E-state index contributed by atoms with van der Waals surface area (Å²) in [6.07, 6.45) is 5.38. The zero-order valence-electron chi connectivity index (χ0n) is 16.1. The summed E-state index contributed by atoms with van der Waals surface area (Å²) in [5, 5.41) is 3.26. The van der Waals surface area contributed by atoms with E-state index in [1.165, 1.54) is 6.26 Å². The molecule has 2 amide bonds. The molecule has 2 aliphatic rings. The molecule has 1 saturated heterocycles. The molecule has 2 heterocycles. The van der Waals surface area contributed by atoms with Crippen LogP contribution in [0.15, 0.2) is 47.1 Å². The first-order chi connectivity index (χ1) is 13.7. The molecule has 0 spiro atoms. The molecule has 1 aliphatic carbocycles. The van der Waals surface area contributed by atoms with Gasteiger partial charge in [-0.15, -0.1) is 0 Å². The molecule has 148 valence electrons. The summed E-state index contributed by atoms with van der Waals surface area (Å²) >= 11 is 0. The number of carbonyl (C=O) groups is 2. The van der Waals surface area contributed by atoms with Crippen molar-refractivity contribution in [3.8, 4) is 5.75 Å². The maximum Gasteiger partial charge on any atom is 0.289 e. The van der Waals surface area contributed by atoms with E-state index in [-0.39, 0.29) is 23.8 Å². The highest BCUT2D eigenvalue weighted by Gasteiger charge is 2.36. The molecule has 6 heteroatoms. The van der Waals surface area contributed by atoms with Gasteiger partial charge >= 0.3 is 0 Å². The van der Waals surface area contributed by atoms with Gasteiger partial charge in [-0.1, -0.05) is 12.1 Å². The summed E-state index contributed by atoms with van der Waals surface area (Å²) in [5.74, 6) is 1.33. The van der Waals surface area contributed by atoms with Crippen molar-refractivity contribution in [2.75, 3.05) is 20.2 Å². The molecule has 28 heavy (non-hydrogen) atoms. The molecule has 1 saturated carbocycles. The Balaban J connectivity index is 1.41. The summed E-state index contributed by atoms with van der Waals surface area (Å²) in [7, 11) is 1.65. The SMILES string of the molecule is COc1ccc(C(NC(=O)C2CCCN(C(=O)c3ccco3)C2)C2CC2)cc1. The predicted octanol–water partition coefficient (Wildman–Crippen LogP) is 3.41. The Morgan fingerprint density at radius 1 is 1.18 bits per heavy atom. The Morgan fingerprint density at radius 2 is 1.96 bits per heavy atom. The van der Waals surface area contributed by atoms with Gasteiger partial charge in [-0.2, -0.15) is 0 Å². The normalized spacial score (nSPS) is 20.5. The van der Waals surface area contributed by atoms with E-state index in [4.69, 9.17) is 9.15 Å². The summed E-state index contributed by atoms with van der Waals surface area (Å²) < 4.78 is 10.5. The summed E-state index contributed by atoms with van der Waals surface area (Å²) in [5.41, 5.74) is 1.11. The fraction of sp³-hybridized carbons (Fsp3) is 0.455. The molecule has 4 rings (SSSR count). The highest BCUT2D eigenvalue weighted by Crippen LogP contribution is 2.41. The minimum atomic E-state index is -0.188. The van der Waals surface area contributed by atoms with Gasteiger partial charge in [-0.3, -0.25) is 9.59 Å². The molecular formula is C22H26N2O4. The number of piperidine rings is 1. The van der Waals surface area contributed by atoms with Crippen LogP contribution < -0.4 is 10.1 Å². The quantitative estimate of drug-likeness (QED) is 0.831. The summed E-state index contributed by atoms with van der Waals surface area (Å²) in [6, 6.07) is 11.3. The fourth-order valence-electron chi connectivity index (χ4n) is 3.92. The van der Waals surface area contributed by atoms with Crippen molar-refractivity contribution in [1.82, 2.24) is 10.2 Å². The van der Waals surface area contributed by atoms with E-state index in [1.54, 1.807) is 24.1 Å². The summed E-state index contributed by atoms with van der Waals surface area (Å²) in [4.78, 5) is 27.3. The minimum absolute atomic E-state index is 0.0227. The molecule has 6 nitrogen and oxygen atoms in total. The minimum Gasteiger partial charge on any atom is -0.497 e. The molecule has 2 fully saturated rings. The van der Waals surface area contributed by atoms with Gasteiger partial charge in [0.05, 0.1) is 25.3 Å². The molecule has 2 unspecified atom stereocenters. The lowest BCUT2D eigenvalue weighted by Gasteiger charge is -2.32. The molecular weight excluding hydrogens is 356 g/mol. The smallest absolute Gasteiger partial charge is 0.289 e. The van der Waals surface area contributed by atoms with Crippen molar-refractivity contribution < 1.29 is 18.7 Å². The van der Waals surface area contributed by atoms with Crippen LogP contribution in [0.1, 0.15) is 47.8 Å². The number of hydrogen-bond donors (Lipinski definition) is 1. The number of amides is 2. The average Bonchev–Trinajstić information content (AvgIpc) is 3.44. The van der Waals surface area contributed by atoms with Crippen LogP contribution in [0.3, 0.4) is 0 Å². The topological polar surface area (TPSA) is 71.8 Å². The van der Waals surface area contributed by atoms with Gasteiger partial charge in [0.1, 0.15) is 5.75 Å².